The molecule has 0 rings (SSSR count). The van der Waals surface area contributed by atoms with Gasteiger partial charge >= 0.3 is 39.5 Å². The fourth-order valence-corrected chi connectivity index (χ4v) is 13.5. The third-order valence-corrected chi connectivity index (χ3v) is 19.9. The highest BCUT2D eigenvalue weighted by Gasteiger charge is 2.30. The molecule has 0 heterocycles. The Hall–Kier alpha value is -1.94. The molecule has 0 saturated carbocycles. The molecule has 19 heteroatoms. The maximum atomic E-state index is 13.1. The number of hydrogen-bond acceptors (Lipinski definition) is 15. The van der Waals surface area contributed by atoms with Gasteiger partial charge in [0, 0.05) is 25.7 Å². The van der Waals surface area contributed by atoms with E-state index in [4.69, 9.17) is 37.0 Å². The first kappa shape index (κ1) is 94.1. The molecule has 570 valence electrons. The summed E-state index contributed by atoms with van der Waals surface area (Å²) in [5.41, 5.74) is 0. The van der Waals surface area contributed by atoms with Gasteiger partial charge < -0.3 is 33.8 Å². The first-order valence-electron chi connectivity index (χ1n) is 40.1. The van der Waals surface area contributed by atoms with Crippen LogP contribution in [0.1, 0.15) is 407 Å². The van der Waals surface area contributed by atoms with E-state index in [-0.39, 0.29) is 25.7 Å². The summed E-state index contributed by atoms with van der Waals surface area (Å²) < 4.78 is 68.5. The van der Waals surface area contributed by atoms with Crippen LogP contribution in [0.15, 0.2) is 0 Å². The summed E-state index contributed by atoms with van der Waals surface area (Å²) in [7, 11) is -9.91. The monoisotopic (exact) mass is 1410 g/mol. The third-order valence-electron chi connectivity index (χ3n) is 18.0. The lowest BCUT2D eigenvalue weighted by Gasteiger charge is -2.21. The van der Waals surface area contributed by atoms with Crippen LogP contribution in [0.3, 0.4) is 0 Å². The maximum absolute atomic E-state index is 13.1. The van der Waals surface area contributed by atoms with Crippen molar-refractivity contribution in [1.82, 2.24) is 0 Å². The van der Waals surface area contributed by atoms with Crippen molar-refractivity contribution in [1.29, 1.82) is 0 Å². The Morgan fingerprint density at radius 2 is 0.479 bits per heavy atom. The van der Waals surface area contributed by atoms with Crippen LogP contribution >= 0.6 is 15.6 Å². The summed E-state index contributed by atoms with van der Waals surface area (Å²) in [5.74, 6) is -1.32. The van der Waals surface area contributed by atoms with Crippen molar-refractivity contribution in [2.24, 2.45) is 5.92 Å². The number of carbonyl (C=O) groups excluding carboxylic acids is 4. The molecule has 0 radical (unpaired) electrons. The number of aliphatic hydroxyl groups excluding tert-OH is 1. The molecule has 0 spiro atoms. The van der Waals surface area contributed by atoms with Crippen molar-refractivity contribution < 1.29 is 80.2 Å². The van der Waals surface area contributed by atoms with Crippen LogP contribution in [0.4, 0.5) is 0 Å². The minimum atomic E-state index is -4.96. The lowest BCUT2D eigenvalue weighted by molar-refractivity contribution is -0.161. The van der Waals surface area contributed by atoms with Crippen LogP contribution in [0.5, 0.6) is 0 Å². The average molecular weight is 1410 g/mol. The molecule has 0 aliphatic heterocycles. The lowest BCUT2D eigenvalue weighted by Crippen LogP contribution is -2.30. The third kappa shape index (κ3) is 70.5. The quantitative estimate of drug-likeness (QED) is 0.0222. The van der Waals surface area contributed by atoms with Gasteiger partial charge in [-0.2, -0.15) is 0 Å². The van der Waals surface area contributed by atoms with E-state index in [1.807, 2.05) is 0 Å². The van der Waals surface area contributed by atoms with E-state index >= 15 is 0 Å². The Kier molecular flexibility index (Phi) is 68.7. The predicted octanol–water partition coefficient (Wildman–Crippen LogP) is 22.9. The van der Waals surface area contributed by atoms with Gasteiger partial charge in [0.15, 0.2) is 12.2 Å². The zero-order valence-corrected chi connectivity index (χ0v) is 64.3. The molecule has 2 unspecified atom stereocenters. The topological polar surface area (TPSA) is 237 Å². The van der Waals surface area contributed by atoms with Crippen molar-refractivity contribution in [2.45, 2.75) is 425 Å². The second-order valence-corrected chi connectivity index (χ2v) is 31.1. The van der Waals surface area contributed by atoms with Gasteiger partial charge in [0.1, 0.15) is 19.3 Å². The summed E-state index contributed by atoms with van der Waals surface area (Å²) in [5, 5.41) is 10.6. The fraction of sp³-hybridized carbons (Fsp3) is 0.948. The minimum Gasteiger partial charge on any atom is -0.462 e. The molecule has 0 saturated heterocycles. The molecule has 96 heavy (non-hydrogen) atoms. The highest BCUT2D eigenvalue weighted by Crippen LogP contribution is 2.45. The largest absolute Gasteiger partial charge is 0.472 e. The highest BCUT2D eigenvalue weighted by atomic mass is 31.2. The summed E-state index contributed by atoms with van der Waals surface area (Å²) in [6.45, 7) is 7.30. The number of esters is 4. The van der Waals surface area contributed by atoms with E-state index in [0.717, 1.165) is 102 Å². The molecule has 0 aromatic heterocycles. The van der Waals surface area contributed by atoms with Crippen molar-refractivity contribution >= 4 is 39.5 Å². The first-order valence-corrected chi connectivity index (χ1v) is 43.1. The molecule has 0 fully saturated rings. The Morgan fingerprint density at radius 1 is 0.281 bits per heavy atom. The molecule has 3 N–H and O–H groups in total. The Balaban J connectivity index is 5.21. The highest BCUT2D eigenvalue weighted by molar-refractivity contribution is 7.47. The molecular weight excluding hydrogens is 1260 g/mol. The second kappa shape index (κ2) is 70.1. The molecule has 17 nitrogen and oxygen atoms in total. The fourth-order valence-electron chi connectivity index (χ4n) is 11.9. The summed E-state index contributed by atoms with van der Waals surface area (Å²) >= 11 is 0. The zero-order valence-electron chi connectivity index (χ0n) is 62.5. The minimum absolute atomic E-state index is 0.108. The van der Waals surface area contributed by atoms with Gasteiger partial charge in [0.05, 0.1) is 26.4 Å². The molecule has 0 aromatic carbocycles. The van der Waals surface area contributed by atoms with Crippen LogP contribution in [0.2, 0.25) is 0 Å². The normalized spacial score (nSPS) is 13.9. The van der Waals surface area contributed by atoms with Crippen molar-refractivity contribution in [3.63, 3.8) is 0 Å². The summed E-state index contributed by atoms with van der Waals surface area (Å²) in [6.07, 6.45) is 59.6. The average Bonchev–Trinajstić information content (AvgIpc) is 1.70. The van der Waals surface area contributed by atoms with Crippen molar-refractivity contribution in [2.75, 3.05) is 39.6 Å². The number of ether oxygens (including phenoxy) is 4. The van der Waals surface area contributed by atoms with E-state index in [9.17, 15) is 43.2 Å². The smallest absolute Gasteiger partial charge is 0.462 e. The lowest BCUT2D eigenvalue weighted by atomic mass is 10.0. The van der Waals surface area contributed by atoms with Crippen LogP contribution in [0.25, 0.3) is 0 Å². The van der Waals surface area contributed by atoms with Gasteiger partial charge in [-0.1, -0.05) is 356 Å². The molecule has 0 amide bonds. The molecule has 0 bridgehead atoms. The van der Waals surface area contributed by atoms with Gasteiger partial charge in [-0.25, -0.2) is 9.13 Å². The van der Waals surface area contributed by atoms with Crippen LogP contribution in [-0.4, -0.2) is 96.7 Å². The maximum Gasteiger partial charge on any atom is 0.472 e. The van der Waals surface area contributed by atoms with Gasteiger partial charge in [0.25, 0.3) is 0 Å². The number of aliphatic hydroxyl groups is 1. The standard InChI is InChI=1S/C77H150O17P2/c1-6-9-12-15-18-21-23-25-27-28-30-34-39-43-48-53-58-63-77(82)94-73(67-88-75(80)61-56-51-46-41-37-35-31-32-36-40-44-49-54-59-70(4)5)69-92-96(85,86)90-65-71(78)64-89-95(83,84)91-68-72(66-87-74(79)60-55-50-45-20-17-14-11-8-3)93-76(81)62-57-52-47-42-38-33-29-26-24-22-19-16-13-10-7-2/h70-73,78H,6-69H2,1-5H3,(H,83,84)(H,85,86)/t71-,72+,73+/m0/s1. The van der Waals surface area contributed by atoms with E-state index < -0.39 is 97.5 Å². The SMILES string of the molecule is CCCCCCCCCCCCCCCCCCCC(=O)O[C@H](COC(=O)CCCCCCCCCCCCCCCC(C)C)COP(=O)(O)OC[C@@H](O)COP(=O)(O)OC[C@@H](COC(=O)CCCCCCCCCC)OC(=O)CCCCCCCCCCCCCCCCC. The van der Waals surface area contributed by atoms with Crippen molar-refractivity contribution in [3.8, 4) is 0 Å². The van der Waals surface area contributed by atoms with Crippen LogP contribution in [0, 0.1) is 5.92 Å². The van der Waals surface area contributed by atoms with E-state index in [0.29, 0.717) is 25.7 Å². The zero-order chi connectivity index (χ0) is 70.5. The number of rotatable bonds is 77. The van der Waals surface area contributed by atoms with Gasteiger partial charge in [-0.05, 0) is 31.6 Å². The predicted molar refractivity (Wildman–Crippen MR) is 391 cm³/mol. The number of hydrogen-bond donors (Lipinski definition) is 3. The number of unbranched alkanes of at least 4 members (excludes halogenated alkanes) is 49. The summed E-state index contributed by atoms with van der Waals surface area (Å²) in [4.78, 5) is 72.8. The van der Waals surface area contributed by atoms with E-state index in [1.54, 1.807) is 0 Å². The molecule has 0 aromatic rings. The van der Waals surface area contributed by atoms with Crippen LogP contribution < -0.4 is 0 Å². The van der Waals surface area contributed by atoms with E-state index in [2.05, 4.69) is 34.6 Å². The van der Waals surface area contributed by atoms with Gasteiger partial charge in [-0.15, -0.1) is 0 Å². The second-order valence-electron chi connectivity index (χ2n) is 28.2. The Labute approximate surface area is 588 Å². The van der Waals surface area contributed by atoms with Crippen molar-refractivity contribution in [3.05, 3.63) is 0 Å². The number of phosphoric acid groups is 2. The van der Waals surface area contributed by atoms with Gasteiger partial charge in [0.2, 0.25) is 0 Å². The molecule has 0 aliphatic carbocycles. The molecular formula is C77H150O17P2. The number of phosphoric ester groups is 2. The van der Waals surface area contributed by atoms with Gasteiger partial charge in [-0.3, -0.25) is 37.3 Å². The van der Waals surface area contributed by atoms with E-state index in [1.165, 1.54) is 225 Å². The Bertz CT molecular complexity index is 1840. The molecule has 5 atom stereocenters. The summed E-state index contributed by atoms with van der Waals surface area (Å²) in [6, 6.07) is 0. The van der Waals surface area contributed by atoms with Crippen LogP contribution in [-0.2, 0) is 65.4 Å². The number of carbonyl (C=O) groups is 4. The Morgan fingerprint density at radius 3 is 0.708 bits per heavy atom. The molecule has 0 aliphatic rings. The first-order chi connectivity index (χ1) is 46.5.